The number of nitrogens with one attached hydrogen (secondary N) is 1. The van der Waals surface area contributed by atoms with Crippen molar-refractivity contribution in [3.05, 3.63) is 23.8 Å². The van der Waals surface area contributed by atoms with Crippen LogP contribution in [0.4, 0.5) is 0 Å². The zero-order valence-corrected chi connectivity index (χ0v) is 8.62. The number of hydrogen-bond donors (Lipinski definition) is 1. The molecule has 0 aliphatic carbocycles. The second-order valence-electron chi connectivity index (χ2n) is 3.34. The molecule has 1 atom stereocenters. The highest BCUT2D eigenvalue weighted by molar-refractivity contribution is 5.45. The molecule has 0 fully saturated rings. The normalized spacial score (nSPS) is 17.7. The number of hydrogen-bond acceptors (Lipinski definition) is 3. The average molecular weight is 203 g/mol. The van der Waals surface area contributed by atoms with E-state index in [1.54, 1.807) is 0 Å². The summed E-state index contributed by atoms with van der Waals surface area (Å²) in [4.78, 5) is 0. The van der Waals surface area contributed by atoms with Gasteiger partial charge in [0.15, 0.2) is 0 Å². The van der Waals surface area contributed by atoms with Gasteiger partial charge in [0.2, 0.25) is 0 Å². The van der Waals surface area contributed by atoms with Crippen LogP contribution in [0.3, 0.4) is 0 Å². The SMILES string of the molecule is C#CCOc1ccc2c(c1)OCC2NC. The lowest BCUT2D eigenvalue weighted by molar-refractivity contribution is 0.315. The van der Waals surface area contributed by atoms with Crippen LogP contribution >= 0.6 is 0 Å². The molecule has 15 heavy (non-hydrogen) atoms. The van der Waals surface area contributed by atoms with Crippen LogP contribution in [0.2, 0.25) is 0 Å². The Kier molecular flexibility index (Phi) is 2.79. The molecular weight excluding hydrogens is 190 g/mol. The first kappa shape index (κ1) is 9.88. The number of rotatable bonds is 3. The maximum atomic E-state index is 5.53. The molecule has 0 radical (unpaired) electrons. The van der Waals surface area contributed by atoms with Gasteiger partial charge in [-0.15, -0.1) is 6.42 Å². The predicted molar refractivity (Wildman–Crippen MR) is 58.1 cm³/mol. The van der Waals surface area contributed by atoms with E-state index >= 15 is 0 Å². The molecule has 0 aromatic heterocycles. The van der Waals surface area contributed by atoms with Gasteiger partial charge in [0.05, 0.1) is 6.04 Å². The summed E-state index contributed by atoms with van der Waals surface area (Å²) < 4.78 is 10.8. The number of benzene rings is 1. The van der Waals surface area contributed by atoms with Crippen molar-refractivity contribution in [3.8, 4) is 23.8 Å². The molecule has 0 bridgehead atoms. The van der Waals surface area contributed by atoms with E-state index in [4.69, 9.17) is 15.9 Å². The Hall–Kier alpha value is -1.66. The molecule has 1 heterocycles. The summed E-state index contributed by atoms with van der Waals surface area (Å²) in [5.41, 5.74) is 1.17. The molecule has 0 spiro atoms. The molecule has 3 heteroatoms. The average Bonchev–Trinajstić information content (AvgIpc) is 2.68. The number of likely N-dealkylation sites (N-methyl/N-ethyl adjacent to an activating group) is 1. The quantitative estimate of drug-likeness (QED) is 0.752. The van der Waals surface area contributed by atoms with Crippen LogP contribution in [0.5, 0.6) is 11.5 Å². The largest absolute Gasteiger partial charge is 0.491 e. The summed E-state index contributed by atoms with van der Waals surface area (Å²) in [7, 11) is 1.92. The Morgan fingerprint density at radius 3 is 3.27 bits per heavy atom. The van der Waals surface area contributed by atoms with Crippen LogP contribution in [0.15, 0.2) is 18.2 Å². The maximum absolute atomic E-state index is 5.53. The minimum absolute atomic E-state index is 0.279. The Bertz CT molecular complexity index is 395. The van der Waals surface area contributed by atoms with E-state index < -0.39 is 0 Å². The van der Waals surface area contributed by atoms with E-state index in [0.29, 0.717) is 6.61 Å². The van der Waals surface area contributed by atoms with Gasteiger partial charge < -0.3 is 14.8 Å². The lowest BCUT2D eigenvalue weighted by Gasteiger charge is -2.07. The smallest absolute Gasteiger partial charge is 0.148 e. The van der Waals surface area contributed by atoms with Crippen LogP contribution in [-0.4, -0.2) is 20.3 Å². The number of terminal acetylenes is 1. The molecule has 78 valence electrons. The van der Waals surface area contributed by atoms with Crippen LogP contribution in [0.25, 0.3) is 0 Å². The van der Waals surface area contributed by atoms with E-state index in [-0.39, 0.29) is 12.6 Å². The lowest BCUT2D eigenvalue weighted by Crippen LogP contribution is -2.17. The summed E-state index contributed by atoms with van der Waals surface area (Å²) in [5.74, 6) is 4.06. The van der Waals surface area contributed by atoms with Gasteiger partial charge in [0, 0.05) is 11.6 Å². The highest BCUT2D eigenvalue weighted by Gasteiger charge is 2.22. The van der Waals surface area contributed by atoms with Crippen molar-refractivity contribution in [1.29, 1.82) is 0 Å². The fraction of sp³-hybridized carbons (Fsp3) is 0.333. The number of ether oxygens (including phenoxy) is 2. The summed E-state index contributed by atoms with van der Waals surface area (Å²) >= 11 is 0. The standard InChI is InChI=1S/C12H13NO2/c1-3-6-14-9-4-5-10-11(13-2)8-15-12(10)7-9/h1,4-5,7,11,13H,6,8H2,2H3. The minimum atomic E-state index is 0.279. The van der Waals surface area contributed by atoms with Crippen molar-refractivity contribution in [1.82, 2.24) is 5.32 Å². The fourth-order valence-electron chi connectivity index (χ4n) is 1.64. The molecule has 2 rings (SSSR count). The van der Waals surface area contributed by atoms with Crippen LogP contribution in [-0.2, 0) is 0 Å². The van der Waals surface area contributed by atoms with Gasteiger partial charge in [-0.1, -0.05) is 5.92 Å². The highest BCUT2D eigenvalue weighted by Crippen LogP contribution is 2.34. The first-order valence-corrected chi connectivity index (χ1v) is 4.85. The molecule has 1 aliphatic heterocycles. The van der Waals surface area contributed by atoms with E-state index in [2.05, 4.69) is 11.2 Å². The molecule has 0 saturated heterocycles. The third kappa shape index (κ3) is 1.90. The van der Waals surface area contributed by atoms with Gasteiger partial charge in [-0.3, -0.25) is 0 Å². The van der Waals surface area contributed by atoms with Crippen molar-refractivity contribution >= 4 is 0 Å². The van der Waals surface area contributed by atoms with E-state index in [1.165, 1.54) is 5.56 Å². The fourth-order valence-corrected chi connectivity index (χ4v) is 1.64. The molecule has 1 aromatic rings. The zero-order chi connectivity index (χ0) is 10.7. The van der Waals surface area contributed by atoms with Crippen molar-refractivity contribution in [2.24, 2.45) is 0 Å². The zero-order valence-electron chi connectivity index (χ0n) is 8.62. The predicted octanol–water partition coefficient (Wildman–Crippen LogP) is 1.35. The summed E-state index contributed by atoms with van der Waals surface area (Å²) in [6.45, 7) is 0.957. The molecule has 1 unspecified atom stereocenters. The van der Waals surface area contributed by atoms with Crippen LogP contribution in [0, 0.1) is 12.3 Å². The molecule has 0 amide bonds. The highest BCUT2D eigenvalue weighted by atomic mass is 16.5. The molecule has 1 aromatic carbocycles. The third-order valence-electron chi connectivity index (χ3n) is 2.44. The van der Waals surface area contributed by atoms with Crippen LogP contribution in [0.1, 0.15) is 11.6 Å². The van der Waals surface area contributed by atoms with Gasteiger partial charge >= 0.3 is 0 Å². The topological polar surface area (TPSA) is 30.5 Å². The van der Waals surface area contributed by atoms with Crippen LogP contribution < -0.4 is 14.8 Å². The second kappa shape index (κ2) is 4.24. The first-order valence-electron chi connectivity index (χ1n) is 4.85. The first-order chi connectivity index (χ1) is 7.35. The molecule has 1 aliphatic rings. The molecule has 0 saturated carbocycles. The van der Waals surface area contributed by atoms with Gasteiger partial charge in [0.25, 0.3) is 0 Å². The lowest BCUT2D eigenvalue weighted by atomic mass is 10.1. The Balaban J connectivity index is 2.18. The second-order valence-corrected chi connectivity index (χ2v) is 3.34. The van der Waals surface area contributed by atoms with E-state index in [9.17, 15) is 0 Å². The van der Waals surface area contributed by atoms with Crippen molar-refractivity contribution < 1.29 is 9.47 Å². The van der Waals surface area contributed by atoms with Gasteiger partial charge in [-0.05, 0) is 19.2 Å². The monoisotopic (exact) mass is 203 g/mol. The van der Waals surface area contributed by atoms with Crippen molar-refractivity contribution in [3.63, 3.8) is 0 Å². The minimum Gasteiger partial charge on any atom is -0.491 e. The Morgan fingerprint density at radius 1 is 1.67 bits per heavy atom. The maximum Gasteiger partial charge on any atom is 0.148 e. The Labute approximate surface area is 89.4 Å². The summed E-state index contributed by atoms with van der Waals surface area (Å²) in [6.07, 6.45) is 5.12. The van der Waals surface area contributed by atoms with E-state index in [1.807, 2.05) is 25.2 Å². The van der Waals surface area contributed by atoms with Crippen molar-refractivity contribution in [2.75, 3.05) is 20.3 Å². The Morgan fingerprint density at radius 2 is 2.53 bits per heavy atom. The van der Waals surface area contributed by atoms with E-state index in [0.717, 1.165) is 11.5 Å². The molecule has 3 nitrogen and oxygen atoms in total. The van der Waals surface area contributed by atoms with Gasteiger partial charge in [0.1, 0.15) is 24.7 Å². The summed E-state index contributed by atoms with van der Waals surface area (Å²) in [6, 6.07) is 6.08. The molecule has 1 N–H and O–H groups in total. The van der Waals surface area contributed by atoms with Gasteiger partial charge in [-0.2, -0.15) is 0 Å². The van der Waals surface area contributed by atoms with Crippen molar-refractivity contribution in [2.45, 2.75) is 6.04 Å². The third-order valence-corrected chi connectivity index (χ3v) is 2.44. The van der Waals surface area contributed by atoms with Gasteiger partial charge in [-0.25, -0.2) is 0 Å². The summed E-state index contributed by atoms with van der Waals surface area (Å²) in [5, 5.41) is 3.18. The molecular formula is C12H13NO2. The number of fused-ring (bicyclic) bond motifs is 1.